The molecule has 1 aliphatic rings. The summed E-state index contributed by atoms with van der Waals surface area (Å²) < 4.78 is 6.75. The first-order chi connectivity index (χ1) is 11.3. The third-order valence-corrected chi connectivity index (χ3v) is 6.51. The predicted molar refractivity (Wildman–Crippen MR) is 97.0 cm³/mol. The Labute approximate surface area is 146 Å². The van der Waals surface area contributed by atoms with Crippen molar-refractivity contribution in [2.45, 2.75) is 44.3 Å². The zero-order valence-corrected chi connectivity index (χ0v) is 16.0. The molecule has 3 nitrogen and oxygen atoms in total. The van der Waals surface area contributed by atoms with Gasteiger partial charge in [0.2, 0.25) is 0 Å². The summed E-state index contributed by atoms with van der Waals surface area (Å²) in [6, 6.07) is 8.35. The summed E-state index contributed by atoms with van der Waals surface area (Å²) in [5.74, 6) is 0.262. The SMILES string of the molecule is CCCCCC[Se]c1ccc(C(=O)CCN2CCOCC2)cc1. The number of morpholine rings is 1. The molecule has 1 aromatic rings. The third-order valence-electron chi connectivity index (χ3n) is 4.20. The zero-order valence-electron chi connectivity index (χ0n) is 14.3. The van der Waals surface area contributed by atoms with Crippen LogP contribution in [0.5, 0.6) is 0 Å². The van der Waals surface area contributed by atoms with Crippen molar-refractivity contribution in [3.63, 3.8) is 0 Å². The van der Waals surface area contributed by atoms with Crippen molar-refractivity contribution in [1.82, 2.24) is 4.90 Å². The van der Waals surface area contributed by atoms with Gasteiger partial charge in [-0.15, -0.1) is 0 Å². The normalized spacial score (nSPS) is 15.7. The predicted octanol–water partition coefficient (Wildman–Crippen LogP) is 2.92. The molecule has 0 atom stereocenters. The molecule has 1 heterocycles. The molecule has 1 fully saturated rings. The fourth-order valence-electron chi connectivity index (χ4n) is 2.68. The van der Waals surface area contributed by atoms with Crippen LogP contribution in [0.3, 0.4) is 0 Å². The van der Waals surface area contributed by atoms with Gasteiger partial charge in [-0.1, -0.05) is 0 Å². The first-order valence-electron chi connectivity index (χ1n) is 8.85. The second-order valence-electron chi connectivity index (χ2n) is 6.06. The number of hydrogen-bond donors (Lipinski definition) is 0. The average molecular weight is 382 g/mol. The Morgan fingerprint density at radius 3 is 2.57 bits per heavy atom. The van der Waals surface area contributed by atoms with E-state index in [1.807, 2.05) is 12.1 Å². The van der Waals surface area contributed by atoms with Crippen molar-refractivity contribution >= 4 is 25.2 Å². The molecule has 2 rings (SSSR count). The molecule has 0 saturated carbocycles. The minimum absolute atomic E-state index is 0.262. The first kappa shape index (κ1) is 18.7. The van der Waals surface area contributed by atoms with Crippen LogP contribution < -0.4 is 4.46 Å². The van der Waals surface area contributed by atoms with Gasteiger partial charge in [-0.25, -0.2) is 0 Å². The number of benzene rings is 1. The number of carbonyl (C=O) groups is 1. The van der Waals surface area contributed by atoms with E-state index >= 15 is 0 Å². The van der Waals surface area contributed by atoms with Crippen LogP contribution in [0, 0.1) is 0 Å². The topological polar surface area (TPSA) is 29.5 Å². The van der Waals surface area contributed by atoms with Gasteiger partial charge in [-0.05, 0) is 0 Å². The fraction of sp³-hybridized carbons (Fsp3) is 0.632. The molecular formula is C19H29NO2Se. The second-order valence-corrected chi connectivity index (χ2v) is 8.51. The Balaban J connectivity index is 1.69. The average Bonchev–Trinajstić information content (AvgIpc) is 2.61. The molecule has 0 spiro atoms. The van der Waals surface area contributed by atoms with Gasteiger partial charge in [-0.3, -0.25) is 0 Å². The van der Waals surface area contributed by atoms with E-state index in [9.17, 15) is 4.79 Å². The monoisotopic (exact) mass is 383 g/mol. The van der Waals surface area contributed by atoms with E-state index in [1.54, 1.807) is 0 Å². The van der Waals surface area contributed by atoms with Crippen LogP contribution in [0.25, 0.3) is 0 Å². The number of ether oxygens (including phenoxy) is 1. The van der Waals surface area contributed by atoms with E-state index in [4.69, 9.17) is 4.74 Å². The Morgan fingerprint density at radius 2 is 1.87 bits per heavy atom. The van der Waals surface area contributed by atoms with Gasteiger partial charge in [-0.2, -0.15) is 0 Å². The van der Waals surface area contributed by atoms with Crippen molar-refractivity contribution in [3.05, 3.63) is 29.8 Å². The molecule has 0 unspecified atom stereocenters. The van der Waals surface area contributed by atoms with Crippen LogP contribution in [-0.2, 0) is 4.74 Å². The molecule has 0 amide bonds. The summed E-state index contributed by atoms with van der Waals surface area (Å²) in [5, 5.41) is 1.32. The molecule has 1 aliphatic heterocycles. The van der Waals surface area contributed by atoms with Crippen molar-refractivity contribution in [2.75, 3.05) is 32.8 Å². The van der Waals surface area contributed by atoms with E-state index in [2.05, 4.69) is 24.0 Å². The molecule has 128 valence electrons. The first-order valence-corrected chi connectivity index (χ1v) is 10.9. The molecule has 23 heavy (non-hydrogen) atoms. The van der Waals surface area contributed by atoms with Crippen LogP contribution in [0.1, 0.15) is 49.4 Å². The van der Waals surface area contributed by atoms with Gasteiger partial charge in [0.25, 0.3) is 0 Å². The molecular weight excluding hydrogens is 353 g/mol. The van der Waals surface area contributed by atoms with E-state index in [0.717, 1.165) is 38.4 Å². The number of rotatable bonds is 10. The van der Waals surface area contributed by atoms with Gasteiger partial charge >= 0.3 is 147 Å². The summed E-state index contributed by atoms with van der Waals surface area (Å²) in [6.45, 7) is 6.59. The minimum atomic E-state index is 0.262. The molecule has 4 heteroatoms. The van der Waals surface area contributed by atoms with E-state index in [-0.39, 0.29) is 5.78 Å². The maximum absolute atomic E-state index is 12.3. The van der Waals surface area contributed by atoms with Crippen molar-refractivity contribution in [1.29, 1.82) is 0 Å². The Morgan fingerprint density at radius 1 is 1.13 bits per heavy atom. The number of nitrogens with zero attached hydrogens (tertiary/aromatic N) is 1. The summed E-state index contributed by atoms with van der Waals surface area (Å²) in [7, 11) is 0. The molecule has 0 bridgehead atoms. The number of unbranched alkanes of at least 4 members (excludes halogenated alkanes) is 3. The Kier molecular flexibility index (Phi) is 8.91. The molecule has 0 aromatic heterocycles. The molecule has 1 aromatic carbocycles. The number of hydrogen-bond acceptors (Lipinski definition) is 3. The van der Waals surface area contributed by atoms with Crippen molar-refractivity contribution < 1.29 is 9.53 Å². The van der Waals surface area contributed by atoms with Crippen molar-refractivity contribution in [3.8, 4) is 0 Å². The number of Topliss-reactive ketones (excluding diaryl/α,β-unsaturated/α-hetero) is 1. The summed E-state index contributed by atoms with van der Waals surface area (Å²) in [4.78, 5) is 14.6. The molecule has 1 saturated heterocycles. The Hall–Kier alpha value is -0.671. The summed E-state index contributed by atoms with van der Waals surface area (Å²) in [6.07, 6.45) is 5.97. The van der Waals surface area contributed by atoms with E-state index in [0.29, 0.717) is 21.4 Å². The molecule has 0 radical (unpaired) electrons. The van der Waals surface area contributed by atoms with Crippen LogP contribution in [-0.4, -0.2) is 58.5 Å². The fourth-order valence-corrected chi connectivity index (χ4v) is 4.60. The van der Waals surface area contributed by atoms with Crippen LogP contribution >= 0.6 is 0 Å². The van der Waals surface area contributed by atoms with Crippen LogP contribution in [0.2, 0.25) is 5.32 Å². The molecule has 0 aliphatic carbocycles. The quantitative estimate of drug-likeness (QED) is 0.354. The standard InChI is InChI=1S/C19H29NO2Se/c1-2-3-4-5-16-23-18-8-6-17(7-9-18)19(21)10-11-20-12-14-22-15-13-20/h6-9H,2-5,10-16H2,1H3. The Bertz CT molecular complexity index is 455. The van der Waals surface area contributed by atoms with Gasteiger partial charge in [0, 0.05) is 0 Å². The van der Waals surface area contributed by atoms with Gasteiger partial charge < -0.3 is 0 Å². The van der Waals surface area contributed by atoms with Gasteiger partial charge in [0.05, 0.1) is 0 Å². The number of carbonyl (C=O) groups excluding carboxylic acids is 1. The van der Waals surface area contributed by atoms with Gasteiger partial charge in [0.1, 0.15) is 0 Å². The van der Waals surface area contributed by atoms with Gasteiger partial charge in [0.15, 0.2) is 0 Å². The van der Waals surface area contributed by atoms with Crippen molar-refractivity contribution in [2.24, 2.45) is 0 Å². The third kappa shape index (κ3) is 7.17. The van der Waals surface area contributed by atoms with Crippen LogP contribution in [0.15, 0.2) is 24.3 Å². The number of ketones is 1. The van der Waals surface area contributed by atoms with E-state index in [1.165, 1.54) is 35.5 Å². The van der Waals surface area contributed by atoms with Crippen LogP contribution in [0.4, 0.5) is 0 Å². The second kappa shape index (κ2) is 11.0. The van der Waals surface area contributed by atoms with E-state index < -0.39 is 0 Å². The zero-order chi connectivity index (χ0) is 16.3. The maximum atomic E-state index is 12.3. The summed E-state index contributed by atoms with van der Waals surface area (Å²) in [5.41, 5.74) is 0.865. The molecule has 0 N–H and O–H groups in total. The summed E-state index contributed by atoms with van der Waals surface area (Å²) >= 11 is 0.559.